The third kappa shape index (κ3) is 1.87. The summed E-state index contributed by atoms with van der Waals surface area (Å²) in [7, 11) is 3.48. The number of hydrogen-bond acceptors (Lipinski definition) is 5. The van der Waals surface area contributed by atoms with E-state index < -0.39 is 0 Å². The van der Waals surface area contributed by atoms with E-state index in [-0.39, 0.29) is 0 Å². The number of anilines is 1. The summed E-state index contributed by atoms with van der Waals surface area (Å²) in [4.78, 5) is 8.57. The van der Waals surface area contributed by atoms with Crippen molar-refractivity contribution in [3.8, 4) is 5.88 Å². The normalized spacial score (nSPS) is 11.2. The summed E-state index contributed by atoms with van der Waals surface area (Å²) in [5.41, 5.74) is 9.66. The number of fused-ring (bicyclic) bond motifs is 1. The van der Waals surface area contributed by atoms with Crippen molar-refractivity contribution in [1.82, 2.24) is 24.3 Å². The van der Waals surface area contributed by atoms with Gasteiger partial charge in [-0.2, -0.15) is 5.10 Å². The second kappa shape index (κ2) is 4.52. The lowest BCUT2D eigenvalue weighted by atomic mass is 10.3. The van der Waals surface area contributed by atoms with Crippen molar-refractivity contribution >= 4 is 17.1 Å². The number of ether oxygens (including phenoxy) is 1. The lowest BCUT2D eigenvalue weighted by Crippen LogP contribution is -2.08. The van der Waals surface area contributed by atoms with Gasteiger partial charge in [-0.15, -0.1) is 0 Å². The zero-order chi connectivity index (χ0) is 14.3. The Bertz CT molecular complexity index is 755. The first-order valence-corrected chi connectivity index (χ1v) is 6.24. The number of rotatable bonds is 3. The highest BCUT2D eigenvalue weighted by atomic mass is 16.5. The van der Waals surface area contributed by atoms with Gasteiger partial charge in [-0.1, -0.05) is 6.07 Å². The van der Waals surface area contributed by atoms with Crippen molar-refractivity contribution in [3.63, 3.8) is 0 Å². The van der Waals surface area contributed by atoms with Crippen LogP contribution in [0.2, 0.25) is 0 Å². The summed E-state index contributed by atoms with van der Waals surface area (Å²) < 4.78 is 8.78. The number of nitrogen functional groups attached to an aromatic ring is 1. The van der Waals surface area contributed by atoms with Crippen LogP contribution in [0.3, 0.4) is 0 Å². The molecule has 0 saturated carbocycles. The summed E-state index contributed by atoms with van der Waals surface area (Å²) >= 11 is 0. The SMILES string of the molecule is COc1ccc(Cn2c(N)nc3c(C)nn(C)c32)cn1. The Kier molecular flexibility index (Phi) is 2.81. The van der Waals surface area contributed by atoms with Crippen molar-refractivity contribution in [2.24, 2.45) is 7.05 Å². The van der Waals surface area contributed by atoms with Crippen molar-refractivity contribution < 1.29 is 4.74 Å². The monoisotopic (exact) mass is 272 g/mol. The van der Waals surface area contributed by atoms with Crippen molar-refractivity contribution in [3.05, 3.63) is 29.6 Å². The Morgan fingerprint density at radius 1 is 1.35 bits per heavy atom. The third-order valence-electron chi connectivity index (χ3n) is 3.27. The van der Waals surface area contributed by atoms with Crippen molar-refractivity contribution in [2.75, 3.05) is 12.8 Å². The molecule has 0 aliphatic heterocycles. The zero-order valence-electron chi connectivity index (χ0n) is 11.7. The highest BCUT2D eigenvalue weighted by Gasteiger charge is 2.15. The maximum atomic E-state index is 6.01. The molecule has 3 aromatic heterocycles. The predicted octanol–water partition coefficient (Wildman–Crippen LogP) is 1.11. The van der Waals surface area contributed by atoms with Gasteiger partial charge in [-0.3, -0.25) is 9.25 Å². The van der Waals surface area contributed by atoms with Crippen LogP contribution in [-0.4, -0.2) is 31.4 Å². The van der Waals surface area contributed by atoms with E-state index in [4.69, 9.17) is 10.5 Å². The molecule has 104 valence electrons. The number of aryl methyl sites for hydroxylation is 2. The summed E-state index contributed by atoms with van der Waals surface area (Å²) in [5, 5.41) is 4.36. The molecular weight excluding hydrogens is 256 g/mol. The molecule has 0 aliphatic carbocycles. The molecule has 7 heteroatoms. The highest BCUT2D eigenvalue weighted by Crippen LogP contribution is 2.21. The number of hydrogen-bond donors (Lipinski definition) is 1. The van der Waals surface area contributed by atoms with E-state index in [2.05, 4.69) is 15.1 Å². The molecule has 3 aromatic rings. The molecule has 0 amide bonds. The maximum Gasteiger partial charge on any atom is 0.212 e. The molecule has 7 nitrogen and oxygen atoms in total. The van der Waals surface area contributed by atoms with Crippen molar-refractivity contribution in [2.45, 2.75) is 13.5 Å². The van der Waals surface area contributed by atoms with Gasteiger partial charge < -0.3 is 10.5 Å². The maximum absolute atomic E-state index is 6.01. The van der Waals surface area contributed by atoms with Gasteiger partial charge in [0.15, 0.2) is 5.65 Å². The molecule has 0 spiro atoms. The minimum atomic E-state index is 0.479. The van der Waals surface area contributed by atoms with E-state index in [9.17, 15) is 0 Å². The van der Waals surface area contributed by atoms with Gasteiger partial charge in [0, 0.05) is 19.3 Å². The third-order valence-corrected chi connectivity index (χ3v) is 3.27. The van der Waals surface area contributed by atoms with Gasteiger partial charge in [0.1, 0.15) is 5.52 Å². The Morgan fingerprint density at radius 2 is 2.15 bits per heavy atom. The van der Waals surface area contributed by atoms with Crippen LogP contribution in [0.15, 0.2) is 18.3 Å². The van der Waals surface area contributed by atoms with Crippen LogP contribution < -0.4 is 10.5 Å². The molecule has 0 aromatic carbocycles. The number of aromatic nitrogens is 5. The summed E-state index contributed by atoms with van der Waals surface area (Å²) in [6.45, 7) is 2.52. The first kappa shape index (κ1) is 12.5. The van der Waals surface area contributed by atoms with E-state index in [1.54, 1.807) is 18.0 Å². The predicted molar refractivity (Wildman–Crippen MR) is 75.5 cm³/mol. The minimum Gasteiger partial charge on any atom is -0.481 e. The molecule has 2 N–H and O–H groups in total. The second-order valence-corrected chi connectivity index (χ2v) is 4.65. The lowest BCUT2D eigenvalue weighted by Gasteiger charge is -2.07. The van der Waals surface area contributed by atoms with Gasteiger partial charge in [-0.25, -0.2) is 9.97 Å². The molecule has 0 unspecified atom stereocenters. The lowest BCUT2D eigenvalue weighted by molar-refractivity contribution is 0.397. The zero-order valence-corrected chi connectivity index (χ0v) is 11.7. The van der Waals surface area contributed by atoms with Gasteiger partial charge in [0.2, 0.25) is 11.8 Å². The Hall–Kier alpha value is -2.57. The van der Waals surface area contributed by atoms with Crippen LogP contribution in [0.1, 0.15) is 11.3 Å². The smallest absolute Gasteiger partial charge is 0.212 e. The van der Waals surface area contributed by atoms with Crippen LogP contribution in [0, 0.1) is 6.92 Å². The molecule has 0 fully saturated rings. The molecule has 0 radical (unpaired) electrons. The summed E-state index contributed by atoms with van der Waals surface area (Å²) in [6, 6.07) is 3.79. The molecule has 0 bridgehead atoms. The van der Waals surface area contributed by atoms with E-state index >= 15 is 0 Å². The number of imidazole rings is 1. The van der Waals surface area contributed by atoms with Gasteiger partial charge in [-0.05, 0) is 12.5 Å². The van der Waals surface area contributed by atoms with Gasteiger partial charge in [0.25, 0.3) is 0 Å². The number of methoxy groups -OCH3 is 1. The number of pyridine rings is 1. The largest absolute Gasteiger partial charge is 0.481 e. The summed E-state index contributed by atoms with van der Waals surface area (Å²) in [5.74, 6) is 1.07. The second-order valence-electron chi connectivity index (χ2n) is 4.65. The fourth-order valence-electron chi connectivity index (χ4n) is 2.32. The average Bonchev–Trinajstić information content (AvgIpc) is 2.90. The Morgan fingerprint density at radius 3 is 2.80 bits per heavy atom. The molecule has 0 saturated heterocycles. The van der Waals surface area contributed by atoms with E-state index in [0.29, 0.717) is 18.4 Å². The standard InChI is InChI=1S/C13H16N6O/c1-8-11-12(18(2)17-8)19(13(14)16-11)7-9-4-5-10(20-3)15-6-9/h4-6H,7H2,1-3H3,(H2,14,16). The Labute approximate surface area is 116 Å². The van der Waals surface area contributed by atoms with Crippen LogP contribution in [0.5, 0.6) is 5.88 Å². The van der Waals surface area contributed by atoms with Crippen LogP contribution in [0.25, 0.3) is 11.2 Å². The fourth-order valence-corrected chi connectivity index (χ4v) is 2.32. The van der Waals surface area contributed by atoms with Gasteiger partial charge in [0.05, 0.1) is 19.3 Å². The molecule has 3 heterocycles. The van der Waals surface area contributed by atoms with Crippen LogP contribution >= 0.6 is 0 Å². The van der Waals surface area contributed by atoms with E-state index in [1.807, 2.05) is 30.7 Å². The quantitative estimate of drug-likeness (QED) is 0.772. The summed E-state index contributed by atoms with van der Waals surface area (Å²) in [6.07, 6.45) is 1.77. The van der Waals surface area contributed by atoms with Gasteiger partial charge >= 0.3 is 0 Å². The number of nitrogens with two attached hydrogens (primary N) is 1. The molecule has 3 rings (SSSR count). The van der Waals surface area contributed by atoms with E-state index in [1.165, 1.54) is 0 Å². The van der Waals surface area contributed by atoms with Crippen LogP contribution in [0.4, 0.5) is 5.95 Å². The highest BCUT2D eigenvalue weighted by molar-refractivity contribution is 5.77. The molecule has 0 atom stereocenters. The Balaban J connectivity index is 2.03. The fraction of sp³-hybridized carbons (Fsp3) is 0.308. The topological polar surface area (TPSA) is 83.8 Å². The molecule has 20 heavy (non-hydrogen) atoms. The average molecular weight is 272 g/mol. The van der Waals surface area contributed by atoms with Crippen molar-refractivity contribution in [1.29, 1.82) is 0 Å². The minimum absolute atomic E-state index is 0.479. The first-order valence-electron chi connectivity index (χ1n) is 6.24. The van der Waals surface area contributed by atoms with Crippen LogP contribution in [-0.2, 0) is 13.6 Å². The molecular formula is C13H16N6O. The van der Waals surface area contributed by atoms with E-state index in [0.717, 1.165) is 22.4 Å². The first-order chi connectivity index (χ1) is 9.60. The number of nitrogens with zero attached hydrogens (tertiary/aromatic N) is 5. The molecule has 0 aliphatic rings.